The molecule has 2 heterocycles. The summed E-state index contributed by atoms with van der Waals surface area (Å²) in [6, 6.07) is 10.6. The first-order valence-corrected chi connectivity index (χ1v) is 8.76. The molecule has 22 heavy (non-hydrogen) atoms. The molecule has 4 rings (SSSR count). The van der Waals surface area contributed by atoms with Gasteiger partial charge in [-0.25, -0.2) is 9.97 Å². The molecule has 2 aromatic heterocycles. The minimum atomic E-state index is 0.904. The number of benzene rings is 1. The highest BCUT2D eigenvalue weighted by molar-refractivity contribution is 7.19. The van der Waals surface area contributed by atoms with E-state index in [1.54, 1.807) is 6.33 Å². The molecule has 0 atom stereocenters. The summed E-state index contributed by atoms with van der Waals surface area (Å²) in [6.45, 7) is 0.904. The highest BCUT2D eigenvalue weighted by atomic mass is 32.1. The van der Waals surface area contributed by atoms with E-state index in [4.69, 9.17) is 0 Å². The molecule has 0 saturated heterocycles. The SMILES string of the molecule is c1ccc(CCNc2ncnc3sc4c(c23)CCCC4)cc1. The minimum Gasteiger partial charge on any atom is -0.369 e. The number of nitrogens with one attached hydrogen (secondary N) is 1. The molecule has 1 aliphatic carbocycles. The molecule has 0 unspecified atom stereocenters. The third-order valence-electron chi connectivity index (χ3n) is 4.30. The first-order valence-electron chi connectivity index (χ1n) is 7.95. The van der Waals surface area contributed by atoms with Crippen molar-refractivity contribution in [1.29, 1.82) is 0 Å². The van der Waals surface area contributed by atoms with Crippen LogP contribution in [0.1, 0.15) is 28.8 Å². The number of nitrogens with zero attached hydrogens (tertiary/aromatic N) is 2. The molecule has 0 amide bonds. The van der Waals surface area contributed by atoms with Crippen molar-refractivity contribution in [2.24, 2.45) is 0 Å². The number of thiophene rings is 1. The maximum Gasteiger partial charge on any atom is 0.138 e. The Bertz CT molecular complexity index is 780. The van der Waals surface area contributed by atoms with E-state index in [2.05, 4.69) is 45.6 Å². The van der Waals surface area contributed by atoms with Gasteiger partial charge in [-0.15, -0.1) is 11.3 Å². The van der Waals surface area contributed by atoms with Crippen molar-refractivity contribution in [3.8, 4) is 0 Å². The van der Waals surface area contributed by atoms with Crippen molar-refractivity contribution >= 4 is 27.4 Å². The first kappa shape index (κ1) is 13.7. The quantitative estimate of drug-likeness (QED) is 0.784. The molecule has 0 aliphatic heterocycles. The smallest absolute Gasteiger partial charge is 0.138 e. The van der Waals surface area contributed by atoms with Crippen LogP contribution in [0.2, 0.25) is 0 Å². The first-order chi connectivity index (χ1) is 10.9. The van der Waals surface area contributed by atoms with Crippen molar-refractivity contribution in [3.63, 3.8) is 0 Å². The summed E-state index contributed by atoms with van der Waals surface area (Å²) in [5.41, 5.74) is 2.85. The lowest BCUT2D eigenvalue weighted by Crippen LogP contribution is -2.08. The van der Waals surface area contributed by atoms with Gasteiger partial charge in [0, 0.05) is 11.4 Å². The van der Waals surface area contributed by atoms with Crippen LogP contribution < -0.4 is 5.32 Å². The van der Waals surface area contributed by atoms with Crippen LogP contribution in [0.4, 0.5) is 5.82 Å². The molecule has 0 spiro atoms. The zero-order valence-corrected chi connectivity index (χ0v) is 13.3. The van der Waals surface area contributed by atoms with E-state index in [-0.39, 0.29) is 0 Å². The van der Waals surface area contributed by atoms with Gasteiger partial charge in [-0.05, 0) is 43.2 Å². The number of hydrogen-bond donors (Lipinski definition) is 1. The van der Waals surface area contributed by atoms with E-state index in [1.165, 1.54) is 47.1 Å². The molecule has 1 aliphatic rings. The maximum absolute atomic E-state index is 4.50. The van der Waals surface area contributed by atoms with Gasteiger partial charge in [0.2, 0.25) is 0 Å². The fraction of sp³-hybridized carbons (Fsp3) is 0.333. The van der Waals surface area contributed by atoms with Crippen molar-refractivity contribution in [2.45, 2.75) is 32.1 Å². The van der Waals surface area contributed by atoms with Gasteiger partial charge in [0.25, 0.3) is 0 Å². The Morgan fingerprint density at radius 3 is 2.82 bits per heavy atom. The number of hydrogen-bond acceptors (Lipinski definition) is 4. The fourth-order valence-electron chi connectivity index (χ4n) is 3.19. The van der Waals surface area contributed by atoms with Gasteiger partial charge in [-0.2, -0.15) is 0 Å². The van der Waals surface area contributed by atoms with Gasteiger partial charge in [0.15, 0.2) is 0 Å². The van der Waals surface area contributed by atoms with E-state index >= 15 is 0 Å². The highest BCUT2D eigenvalue weighted by Crippen LogP contribution is 2.37. The van der Waals surface area contributed by atoms with Crippen molar-refractivity contribution in [2.75, 3.05) is 11.9 Å². The molecule has 1 aromatic carbocycles. The molecule has 0 saturated carbocycles. The average Bonchev–Trinajstić information content (AvgIpc) is 2.95. The Morgan fingerprint density at radius 2 is 1.91 bits per heavy atom. The van der Waals surface area contributed by atoms with Gasteiger partial charge in [-0.3, -0.25) is 0 Å². The standard InChI is InChI=1S/C18H19N3S/c1-2-6-13(7-3-1)10-11-19-17-16-14-8-4-5-9-15(14)22-18(16)21-12-20-17/h1-3,6-7,12H,4-5,8-11H2,(H,19,20,21). The van der Waals surface area contributed by atoms with Crippen LogP contribution in [-0.2, 0) is 19.3 Å². The van der Waals surface area contributed by atoms with E-state index in [1.807, 2.05) is 11.3 Å². The molecule has 0 radical (unpaired) electrons. The Morgan fingerprint density at radius 1 is 1.05 bits per heavy atom. The molecule has 1 N–H and O–H groups in total. The number of anilines is 1. The molecule has 3 aromatic rings. The summed E-state index contributed by atoms with van der Waals surface area (Å²) < 4.78 is 0. The zero-order chi connectivity index (χ0) is 14.8. The summed E-state index contributed by atoms with van der Waals surface area (Å²) in [4.78, 5) is 11.6. The van der Waals surface area contributed by atoms with Gasteiger partial charge in [0.1, 0.15) is 17.0 Å². The predicted molar refractivity (Wildman–Crippen MR) is 92.7 cm³/mol. The van der Waals surface area contributed by atoms with Gasteiger partial charge in [-0.1, -0.05) is 30.3 Å². The normalized spacial score (nSPS) is 14.0. The monoisotopic (exact) mass is 309 g/mol. The van der Waals surface area contributed by atoms with Crippen molar-refractivity contribution < 1.29 is 0 Å². The zero-order valence-electron chi connectivity index (χ0n) is 12.5. The third kappa shape index (κ3) is 2.59. The Balaban J connectivity index is 1.57. The summed E-state index contributed by atoms with van der Waals surface area (Å²) in [5.74, 6) is 1.01. The molecular formula is C18H19N3S. The number of fused-ring (bicyclic) bond motifs is 3. The summed E-state index contributed by atoms with van der Waals surface area (Å²) >= 11 is 1.85. The third-order valence-corrected chi connectivity index (χ3v) is 5.50. The van der Waals surface area contributed by atoms with E-state index in [0.29, 0.717) is 0 Å². The summed E-state index contributed by atoms with van der Waals surface area (Å²) in [5, 5.41) is 4.80. The van der Waals surface area contributed by atoms with Crippen LogP contribution >= 0.6 is 11.3 Å². The Kier molecular flexibility index (Phi) is 3.77. The van der Waals surface area contributed by atoms with Crippen molar-refractivity contribution in [3.05, 3.63) is 52.7 Å². The van der Waals surface area contributed by atoms with Crippen LogP contribution in [0, 0.1) is 0 Å². The molecule has 3 nitrogen and oxygen atoms in total. The Labute approximate surface area is 134 Å². The second-order valence-corrected chi connectivity index (χ2v) is 6.86. The Hall–Kier alpha value is -1.94. The van der Waals surface area contributed by atoms with E-state index < -0.39 is 0 Å². The molecule has 0 fully saturated rings. The molecule has 4 heteroatoms. The van der Waals surface area contributed by atoms with Crippen LogP contribution in [0.25, 0.3) is 10.2 Å². The van der Waals surface area contributed by atoms with Crippen LogP contribution in [0.5, 0.6) is 0 Å². The number of aromatic nitrogens is 2. The molecular weight excluding hydrogens is 290 g/mol. The fourth-order valence-corrected chi connectivity index (χ4v) is 4.42. The topological polar surface area (TPSA) is 37.8 Å². The lowest BCUT2D eigenvalue weighted by Gasteiger charge is -2.12. The van der Waals surface area contributed by atoms with Gasteiger partial charge >= 0.3 is 0 Å². The molecule has 0 bridgehead atoms. The van der Waals surface area contributed by atoms with E-state index in [0.717, 1.165) is 23.6 Å². The lowest BCUT2D eigenvalue weighted by molar-refractivity contribution is 0.700. The van der Waals surface area contributed by atoms with Crippen LogP contribution in [0.3, 0.4) is 0 Å². The second kappa shape index (κ2) is 6.05. The largest absolute Gasteiger partial charge is 0.369 e. The maximum atomic E-state index is 4.50. The lowest BCUT2D eigenvalue weighted by atomic mass is 9.97. The van der Waals surface area contributed by atoms with E-state index in [9.17, 15) is 0 Å². The average molecular weight is 309 g/mol. The predicted octanol–water partition coefficient (Wildman–Crippen LogP) is 4.22. The molecule has 112 valence electrons. The second-order valence-electron chi connectivity index (χ2n) is 5.78. The van der Waals surface area contributed by atoms with Crippen LogP contribution in [-0.4, -0.2) is 16.5 Å². The van der Waals surface area contributed by atoms with Gasteiger partial charge < -0.3 is 5.32 Å². The number of rotatable bonds is 4. The minimum absolute atomic E-state index is 0.904. The summed E-state index contributed by atoms with van der Waals surface area (Å²) in [6.07, 6.45) is 7.69. The van der Waals surface area contributed by atoms with Gasteiger partial charge in [0.05, 0.1) is 5.39 Å². The number of aryl methyl sites for hydroxylation is 2. The summed E-state index contributed by atoms with van der Waals surface area (Å²) in [7, 11) is 0. The van der Waals surface area contributed by atoms with Crippen molar-refractivity contribution in [1.82, 2.24) is 9.97 Å². The van der Waals surface area contributed by atoms with Crippen LogP contribution in [0.15, 0.2) is 36.7 Å². The highest BCUT2D eigenvalue weighted by Gasteiger charge is 2.19.